The molecule has 10 heteroatoms. The van der Waals surface area contributed by atoms with E-state index in [1.54, 1.807) is 6.07 Å². The summed E-state index contributed by atoms with van der Waals surface area (Å²) in [6.07, 6.45) is -1.32. The molecule has 1 unspecified atom stereocenters. The van der Waals surface area contributed by atoms with Crippen molar-refractivity contribution in [3.05, 3.63) is 23.2 Å². The molecule has 1 aromatic carbocycles. The molecule has 1 aliphatic heterocycles. The van der Waals surface area contributed by atoms with Crippen molar-refractivity contribution < 1.29 is 22.5 Å². The summed E-state index contributed by atoms with van der Waals surface area (Å²) in [6.45, 7) is 4.40. The molecule has 32 heavy (non-hydrogen) atoms. The summed E-state index contributed by atoms with van der Waals surface area (Å²) in [7, 11) is 0. The third-order valence-corrected chi connectivity index (χ3v) is 7.20. The Balaban J connectivity index is 1.22. The van der Waals surface area contributed by atoms with Gasteiger partial charge in [-0.1, -0.05) is 29.6 Å². The normalized spacial score (nSPS) is 24.1. The molecule has 2 aliphatic rings. The van der Waals surface area contributed by atoms with Gasteiger partial charge in [-0.15, -0.1) is 0 Å². The van der Waals surface area contributed by atoms with E-state index >= 15 is 0 Å². The summed E-state index contributed by atoms with van der Waals surface area (Å²) < 4.78 is 44.9. The molecule has 0 radical (unpaired) electrons. The molecular formula is C22H28ClF3N4O2. The highest BCUT2D eigenvalue weighted by Crippen LogP contribution is 2.41. The smallest absolute Gasteiger partial charge is 0.369 e. The van der Waals surface area contributed by atoms with Crippen LogP contribution in [0.1, 0.15) is 32.1 Å². The molecule has 0 bridgehead atoms. The van der Waals surface area contributed by atoms with E-state index in [-0.39, 0.29) is 0 Å². The van der Waals surface area contributed by atoms with Crippen molar-refractivity contribution >= 4 is 34.3 Å². The summed E-state index contributed by atoms with van der Waals surface area (Å²) in [5.74, 6) is -2.71. The number of rotatable bonds is 6. The minimum Gasteiger partial charge on any atom is -0.369 e. The van der Waals surface area contributed by atoms with Crippen LogP contribution in [0.2, 0.25) is 5.02 Å². The van der Waals surface area contributed by atoms with E-state index in [1.807, 2.05) is 12.1 Å². The van der Waals surface area contributed by atoms with Crippen LogP contribution in [0.15, 0.2) is 22.7 Å². The maximum absolute atomic E-state index is 13.2. The first-order valence-corrected chi connectivity index (χ1v) is 11.5. The second kappa shape index (κ2) is 9.47. The molecule has 1 amide bonds. The second-order valence-corrected chi connectivity index (χ2v) is 9.40. The van der Waals surface area contributed by atoms with E-state index in [2.05, 4.69) is 15.0 Å². The van der Waals surface area contributed by atoms with Crippen LogP contribution < -0.4 is 10.6 Å². The topological polar surface area (TPSA) is 75.6 Å². The van der Waals surface area contributed by atoms with Gasteiger partial charge in [0, 0.05) is 37.3 Å². The number of amides is 1. The number of carbonyl (C=O) groups is 1. The Morgan fingerprint density at radius 2 is 1.88 bits per heavy atom. The number of alkyl halides is 3. The maximum atomic E-state index is 13.2. The SMILES string of the molecule is NC(=O)C(C1CCC(CCN2CCN(c3noc4cc(Cl)ccc34)CC2)CC1)C(F)(F)F. The van der Waals surface area contributed by atoms with Crippen LogP contribution in [0.4, 0.5) is 19.0 Å². The highest BCUT2D eigenvalue weighted by molar-refractivity contribution is 6.31. The van der Waals surface area contributed by atoms with E-state index in [9.17, 15) is 18.0 Å². The van der Waals surface area contributed by atoms with E-state index in [1.165, 1.54) is 0 Å². The number of primary amides is 1. The lowest BCUT2D eigenvalue weighted by Crippen LogP contribution is -2.47. The van der Waals surface area contributed by atoms with Crippen molar-refractivity contribution in [2.24, 2.45) is 23.5 Å². The van der Waals surface area contributed by atoms with Crippen molar-refractivity contribution in [2.45, 2.75) is 38.3 Å². The number of hydrogen-bond donors (Lipinski definition) is 1. The Morgan fingerprint density at radius 1 is 1.19 bits per heavy atom. The van der Waals surface area contributed by atoms with Crippen LogP contribution in [0, 0.1) is 17.8 Å². The Kier molecular flexibility index (Phi) is 6.86. The molecule has 1 aromatic heterocycles. The number of benzene rings is 1. The Labute approximate surface area is 189 Å². The van der Waals surface area contributed by atoms with Crippen LogP contribution in [0.25, 0.3) is 11.0 Å². The first-order valence-electron chi connectivity index (χ1n) is 11.1. The maximum Gasteiger partial charge on any atom is 0.400 e. The van der Waals surface area contributed by atoms with Gasteiger partial charge in [-0.2, -0.15) is 13.2 Å². The number of nitrogens with two attached hydrogens (primary N) is 1. The molecule has 2 heterocycles. The first kappa shape index (κ1) is 23.2. The van der Waals surface area contributed by atoms with Crippen LogP contribution >= 0.6 is 11.6 Å². The molecule has 2 N–H and O–H groups in total. The number of fused-ring (bicyclic) bond motifs is 1. The predicted molar refractivity (Wildman–Crippen MR) is 116 cm³/mol. The molecule has 176 valence electrons. The molecular weight excluding hydrogens is 445 g/mol. The van der Waals surface area contributed by atoms with Crippen molar-refractivity contribution in [1.29, 1.82) is 0 Å². The molecule has 1 saturated carbocycles. The molecule has 6 nitrogen and oxygen atoms in total. The first-order chi connectivity index (χ1) is 15.2. The zero-order valence-corrected chi connectivity index (χ0v) is 18.5. The number of aromatic nitrogens is 1. The van der Waals surface area contributed by atoms with Gasteiger partial charge in [0.15, 0.2) is 11.4 Å². The standard InChI is InChI=1S/C22H28ClF3N4O2/c23-16-5-6-17-18(13-16)32-28-21(17)30-11-9-29(10-12-30)8-7-14-1-3-15(4-2-14)19(20(27)31)22(24,25)26/h5-6,13-15,19H,1-4,7-12H2,(H2,27,31). The van der Waals surface area contributed by atoms with Gasteiger partial charge >= 0.3 is 6.18 Å². The van der Waals surface area contributed by atoms with Gasteiger partial charge in [-0.25, -0.2) is 0 Å². The van der Waals surface area contributed by atoms with Gasteiger partial charge in [0.1, 0.15) is 5.92 Å². The minimum atomic E-state index is -4.55. The molecule has 4 rings (SSSR count). The van der Waals surface area contributed by atoms with Crippen LogP contribution in [-0.4, -0.2) is 54.9 Å². The third-order valence-electron chi connectivity index (χ3n) is 6.96. The fourth-order valence-electron chi connectivity index (χ4n) is 5.15. The Hall–Kier alpha value is -2.00. The highest BCUT2D eigenvalue weighted by Gasteiger charge is 2.49. The van der Waals surface area contributed by atoms with E-state index < -0.39 is 23.9 Å². The fourth-order valence-corrected chi connectivity index (χ4v) is 5.31. The molecule has 2 fully saturated rings. The van der Waals surface area contributed by atoms with Gasteiger partial charge in [0.25, 0.3) is 0 Å². The molecule has 1 saturated heterocycles. The lowest BCUT2D eigenvalue weighted by molar-refractivity contribution is -0.194. The summed E-state index contributed by atoms with van der Waals surface area (Å²) in [5.41, 5.74) is 5.72. The lowest BCUT2D eigenvalue weighted by atomic mass is 9.74. The van der Waals surface area contributed by atoms with E-state index in [0.29, 0.717) is 29.4 Å². The number of anilines is 1. The van der Waals surface area contributed by atoms with E-state index in [0.717, 1.165) is 63.2 Å². The number of hydrogen-bond acceptors (Lipinski definition) is 5. The summed E-state index contributed by atoms with van der Waals surface area (Å²) in [4.78, 5) is 15.9. The van der Waals surface area contributed by atoms with Crippen LogP contribution in [0.3, 0.4) is 0 Å². The van der Waals surface area contributed by atoms with Gasteiger partial charge in [-0.05, 0) is 49.8 Å². The number of halogens is 4. The van der Waals surface area contributed by atoms with Crippen molar-refractivity contribution in [3.8, 4) is 0 Å². The Bertz CT molecular complexity index is 935. The average molecular weight is 473 g/mol. The number of carbonyl (C=O) groups excluding carboxylic acids is 1. The zero-order valence-electron chi connectivity index (χ0n) is 17.8. The zero-order chi connectivity index (χ0) is 22.9. The van der Waals surface area contributed by atoms with Crippen molar-refractivity contribution in [2.75, 3.05) is 37.6 Å². The fraction of sp³-hybridized carbons (Fsp3) is 0.636. The quantitative estimate of drug-likeness (QED) is 0.671. The van der Waals surface area contributed by atoms with Gasteiger partial charge in [-0.3, -0.25) is 9.69 Å². The molecule has 1 aliphatic carbocycles. The van der Waals surface area contributed by atoms with Gasteiger partial charge in [0.05, 0.1) is 5.39 Å². The number of nitrogens with zero attached hydrogens (tertiary/aromatic N) is 3. The van der Waals surface area contributed by atoms with Crippen LogP contribution in [-0.2, 0) is 4.79 Å². The number of piperazine rings is 1. The predicted octanol–water partition coefficient (Wildman–Crippen LogP) is 4.46. The monoisotopic (exact) mass is 472 g/mol. The van der Waals surface area contributed by atoms with Gasteiger partial charge < -0.3 is 15.2 Å². The lowest BCUT2D eigenvalue weighted by Gasteiger charge is -2.37. The Morgan fingerprint density at radius 3 is 2.50 bits per heavy atom. The van der Waals surface area contributed by atoms with Crippen molar-refractivity contribution in [1.82, 2.24) is 10.1 Å². The summed E-state index contributed by atoms with van der Waals surface area (Å²) in [5, 5.41) is 5.78. The molecule has 0 spiro atoms. The van der Waals surface area contributed by atoms with Crippen LogP contribution in [0.5, 0.6) is 0 Å². The molecule has 2 aromatic rings. The third kappa shape index (κ3) is 5.14. The largest absolute Gasteiger partial charge is 0.400 e. The van der Waals surface area contributed by atoms with E-state index in [4.69, 9.17) is 21.9 Å². The minimum absolute atomic E-state index is 0.398. The highest BCUT2D eigenvalue weighted by atomic mass is 35.5. The van der Waals surface area contributed by atoms with Crippen molar-refractivity contribution in [3.63, 3.8) is 0 Å². The summed E-state index contributed by atoms with van der Waals surface area (Å²) >= 11 is 6.01. The second-order valence-electron chi connectivity index (χ2n) is 8.97. The molecule has 1 atom stereocenters. The summed E-state index contributed by atoms with van der Waals surface area (Å²) in [6, 6.07) is 5.52. The average Bonchev–Trinajstić information content (AvgIpc) is 3.15. The van der Waals surface area contributed by atoms with Gasteiger partial charge in [0.2, 0.25) is 5.91 Å².